The Morgan fingerprint density at radius 2 is 2.00 bits per heavy atom. The van der Waals surface area contributed by atoms with E-state index in [1.54, 1.807) is 0 Å². The Kier molecular flexibility index (Phi) is 2.97. The Morgan fingerprint density at radius 3 is 2.70 bits per heavy atom. The number of benzene rings is 1. The predicted molar refractivity (Wildman–Crippen MR) is 85.1 cm³/mol. The van der Waals surface area contributed by atoms with Crippen LogP contribution < -0.4 is 0 Å². The van der Waals surface area contributed by atoms with E-state index < -0.39 is 0 Å². The first-order valence-electron chi connectivity index (χ1n) is 7.55. The largest absolute Gasteiger partial charge is 0.359 e. The van der Waals surface area contributed by atoms with Crippen molar-refractivity contribution in [2.75, 3.05) is 5.75 Å². The molecule has 2 saturated carbocycles. The second-order valence-electron chi connectivity index (χ2n) is 7.17. The molecule has 0 N–H and O–H groups in total. The quantitative estimate of drug-likeness (QED) is 0.696. The fraction of sp³-hybridized carbons (Fsp3) is 0.647. The van der Waals surface area contributed by atoms with Crippen LogP contribution in [0.2, 0.25) is 5.02 Å². The third kappa shape index (κ3) is 1.68. The van der Waals surface area contributed by atoms with Gasteiger partial charge in [-0.05, 0) is 48.3 Å². The molecule has 2 aliphatic carbocycles. The lowest BCUT2D eigenvalue weighted by molar-refractivity contribution is -0.0670. The number of hydrogen-bond acceptors (Lipinski definition) is 2. The monoisotopic (exact) mass is 308 g/mol. The molecule has 3 fully saturated rings. The van der Waals surface area contributed by atoms with E-state index in [2.05, 4.69) is 26.0 Å². The molecule has 1 heterocycles. The minimum atomic E-state index is 0.193. The number of halogens is 1. The molecule has 0 radical (unpaired) electrons. The summed E-state index contributed by atoms with van der Waals surface area (Å²) in [5, 5.41) is 0.798. The van der Waals surface area contributed by atoms with Crippen LogP contribution in [-0.2, 0) is 4.74 Å². The van der Waals surface area contributed by atoms with Gasteiger partial charge in [-0.1, -0.05) is 37.6 Å². The van der Waals surface area contributed by atoms with Crippen LogP contribution >= 0.6 is 23.4 Å². The fourth-order valence-corrected chi connectivity index (χ4v) is 6.58. The predicted octanol–water partition coefficient (Wildman–Crippen LogP) is 5.30. The molecular formula is C17H21ClOS. The highest BCUT2D eigenvalue weighted by atomic mass is 35.5. The molecule has 4 rings (SSSR count). The van der Waals surface area contributed by atoms with E-state index in [4.69, 9.17) is 16.3 Å². The maximum absolute atomic E-state index is 6.52. The summed E-state index contributed by atoms with van der Waals surface area (Å²) in [7, 11) is 0. The van der Waals surface area contributed by atoms with Gasteiger partial charge >= 0.3 is 0 Å². The van der Waals surface area contributed by atoms with Crippen LogP contribution in [0.25, 0.3) is 0 Å². The van der Waals surface area contributed by atoms with Gasteiger partial charge in [0.15, 0.2) is 0 Å². The van der Waals surface area contributed by atoms with Gasteiger partial charge < -0.3 is 4.74 Å². The Morgan fingerprint density at radius 1 is 1.25 bits per heavy atom. The van der Waals surface area contributed by atoms with Crippen LogP contribution in [0.15, 0.2) is 24.3 Å². The van der Waals surface area contributed by atoms with E-state index >= 15 is 0 Å². The maximum Gasteiger partial charge on any atom is 0.128 e. The summed E-state index contributed by atoms with van der Waals surface area (Å²) in [6.45, 7) is 4.94. The van der Waals surface area contributed by atoms with Gasteiger partial charge in [-0.2, -0.15) is 0 Å². The van der Waals surface area contributed by atoms with Gasteiger partial charge in [0, 0.05) is 16.2 Å². The van der Waals surface area contributed by atoms with E-state index in [0.717, 1.165) is 10.9 Å². The molecule has 1 aromatic carbocycles. The van der Waals surface area contributed by atoms with Gasteiger partial charge in [0.1, 0.15) is 5.44 Å². The summed E-state index contributed by atoms with van der Waals surface area (Å²) in [6, 6.07) is 8.15. The van der Waals surface area contributed by atoms with Gasteiger partial charge in [-0.15, -0.1) is 11.8 Å². The lowest BCUT2D eigenvalue weighted by Gasteiger charge is -2.47. The highest BCUT2D eigenvalue weighted by molar-refractivity contribution is 7.99. The average Bonchev–Trinajstić information content (AvgIpc) is 2.81. The molecule has 1 spiro atoms. The van der Waals surface area contributed by atoms with Crippen molar-refractivity contribution >= 4 is 23.4 Å². The number of hydrogen-bond donors (Lipinski definition) is 0. The Balaban J connectivity index is 1.59. The first kappa shape index (κ1) is 13.5. The second kappa shape index (κ2) is 4.41. The van der Waals surface area contributed by atoms with Crippen LogP contribution in [0, 0.1) is 16.7 Å². The third-order valence-corrected chi connectivity index (χ3v) is 7.90. The number of thioether (sulfide) groups is 1. The van der Waals surface area contributed by atoms with Crippen LogP contribution in [0.1, 0.15) is 44.1 Å². The number of fused-ring (bicyclic) bond motifs is 1. The summed E-state index contributed by atoms with van der Waals surface area (Å²) in [4.78, 5) is 0. The van der Waals surface area contributed by atoms with Crippen LogP contribution in [-0.4, -0.2) is 11.9 Å². The normalized spacial score (nSPS) is 41.6. The molecular weight excluding hydrogens is 288 g/mol. The van der Waals surface area contributed by atoms with Crippen molar-refractivity contribution in [1.29, 1.82) is 0 Å². The number of rotatable bonds is 1. The van der Waals surface area contributed by atoms with Crippen molar-refractivity contribution in [2.45, 2.75) is 44.6 Å². The number of ether oxygens (including phenoxy) is 1. The molecule has 108 valence electrons. The van der Waals surface area contributed by atoms with Crippen molar-refractivity contribution < 1.29 is 4.74 Å². The van der Waals surface area contributed by atoms with Crippen molar-refractivity contribution in [3.63, 3.8) is 0 Å². The maximum atomic E-state index is 6.52. The zero-order valence-corrected chi connectivity index (χ0v) is 13.6. The van der Waals surface area contributed by atoms with E-state index in [1.807, 2.05) is 23.9 Å². The van der Waals surface area contributed by atoms with E-state index in [1.165, 1.54) is 30.6 Å². The Labute approximate surface area is 130 Å². The molecule has 20 heavy (non-hydrogen) atoms. The molecule has 0 aromatic heterocycles. The Hall–Kier alpha value is -0.180. The van der Waals surface area contributed by atoms with Crippen LogP contribution in [0.3, 0.4) is 0 Å². The summed E-state index contributed by atoms with van der Waals surface area (Å²) in [5.74, 6) is 2.10. The van der Waals surface area contributed by atoms with Gasteiger partial charge in [0.25, 0.3) is 0 Å². The molecule has 0 unspecified atom stereocenters. The van der Waals surface area contributed by atoms with Gasteiger partial charge in [-0.3, -0.25) is 0 Å². The standard InChI is InChI=1S/C17H21ClOS/c1-16(2)12-7-8-17(16)10-20-15(19-14(17)9-12)11-3-5-13(18)6-4-11/h3-6,12,14-15H,7-10H2,1-2H3/t12-,14-,15-,17-/m1/s1. The molecule has 1 aliphatic heterocycles. The summed E-state index contributed by atoms with van der Waals surface area (Å²) < 4.78 is 6.52. The smallest absolute Gasteiger partial charge is 0.128 e. The van der Waals surface area contributed by atoms with Crippen molar-refractivity contribution in [2.24, 2.45) is 16.7 Å². The SMILES string of the molecule is CC1(C)[C@@H]2CC[C@]13CS[C@H](c1ccc(Cl)cc1)O[C@@H]3C2. The summed E-state index contributed by atoms with van der Waals surface area (Å²) >= 11 is 7.97. The molecule has 1 aromatic rings. The van der Waals surface area contributed by atoms with Crippen molar-refractivity contribution in [3.05, 3.63) is 34.9 Å². The third-order valence-electron chi connectivity index (χ3n) is 6.28. The average molecular weight is 309 g/mol. The second-order valence-corrected chi connectivity index (χ2v) is 8.65. The molecule has 1 saturated heterocycles. The van der Waals surface area contributed by atoms with Crippen LogP contribution in [0.4, 0.5) is 0 Å². The molecule has 3 aliphatic rings. The minimum absolute atomic E-state index is 0.193. The minimum Gasteiger partial charge on any atom is -0.359 e. The highest BCUT2D eigenvalue weighted by Crippen LogP contribution is 2.70. The summed E-state index contributed by atoms with van der Waals surface area (Å²) in [5.41, 5.74) is 2.33. The molecule has 0 amide bonds. The topological polar surface area (TPSA) is 9.23 Å². The first-order chi connectivity index (χ1) is 9.53. The zero-order valence-electron chi connectivity index (χ0n) is 12.1. The molecule has 4 atom stereocenters. The van der Waals surface area contributed by atoms with Gasteiger partial charge in [0.05, 0.1) is 6.10 Å². The fourth-order valence-electron chi connectivity index (χ4n) is 4.74. The summed E-state index contributed by atoms with van der Waals surface area (Å²) in [6.07, 6.45) is 4.48. The molecule has 2 bridgehead atoms. The van der Waals surface area contributed by atoms with Gasteiger partial charge in [-0.25, -0.2) is 0 Å². The molecule has 1 nitrogen and oxygen atoms in total. The van der Waals surface area contributed by atoms with Crippen LogP contribution in [0.5, 0.6) is 0 Å². The lowest BCUT2D eigenvalue weighted by Crippen LogP contribution is -2.45. The van der Waals surface area contributed by atoms with E-state index in [0.29, 0.717) is 16.9 Å². The van der Waals surface area contributed by atoms with E-state index in [9.17, 15) is 0 Å². The first-order valence-corrected chi connectivity index (χ1v) is 8.98. The highest BCUT2D eigenvalue weighted by Gasteiger charge is 2.66. The van der Waals surface area contributed by atoms with Gasteiger partial charge in [0.2, 0.25) is 0 Å². The van der Waals surface area contributed by atoms with Crippen molar-refractivity contribution in [3.8, 4) is 0 Å². The Bertz CT molecular complexity index is 526. The lowest BCUT2D eigenvalue weighted by atomic mass is 9.69. The van der Waals surface area contributed by atoms with E-state index in [-0.39, 0.29) is 5.44 Å². The zero-order chi connectivity index (χ0) is 14.0. The van der Waals surface area contributed by atoms with Crippen molar-refractivity contribution in [1.82, 2.24) is 0 Å². The molecule has 3 heteroatoms.